The van der Waals surface area contributed by atoms with E-state index in [1.54, 1.807) is 25.1 Å². The van der Waals surface area contributed by atoms with Crippen molar-refractivity contribution in [3.05, 3.63) is 24.3 Å². The Kier molecular flexibility index (Phi) is 5.62. The quantitative estimate of drug-likeness (QED) is 0.793. The highest BCUT2D eigenvalue weighted by atomic mass is 32.2. The molecule has 0 aromatic heterocycles. The molecule has 5 heteroatoms. The van der Waals surface area contributed by atoms with Gasteiger partial charge in [-0.05, 0) is 31.0 Å². The van der Waals surface area contributed by atoms with Crippen LogP contribution in [0.4, 0.5) is 5.69 Å². The van der Waals surface area contributed by atoms with Crippen molar-refractivity contribution in [3.8, 4) is 0 Å². The van der Waals surface area contributed by atoms with E-state index in [9.17, 15) is 8.42 Å². The van der Waals surface area contributed by atoms with Crippen LogP contribution in [0.2, 0.25) is 0 Å². The summed E-state index contributed by atoms with van der Waals surface area (Å²) in [5.74, 6) is 0.539. The van der Waals surface area contributed by atoms with Gasteiger partial charge < -0.3 is 11.1 Å². The standard InChI is InChI=1S/C13H22N2O2S/c1-3-18(16,17)13-7-5-4-6-12(13)15-10-11(2)8-9-14/h4-7,11,15H,3,8-10,14H2,1-2H3. The molecule has 18 heavy (non-hydrogen) atoms. The van der Waals surface area contributed by atoms with Crippen LogP contribution in [0, 0.1) is 5.92 Å². The third-order valence-electron chi connectivity index (χ3n) is 2.90. The fourth-order valence-corrected chi connectivity index (χ4v) is 2.78. The summed E-state index contributed by atoms with van der Waals surface area (Å²) in [7, 11) is -3.18. The van der Waals surface area contributed by atoms with Crippen LogP contribution in [0.5, 0.6) is 0 Å². The van der Waals surface area contributed by atoms with Gasteiger partial charge in [0.2, 0.25) is 0 Å². The SMILES string of the molecule is CCS(=O)(=O)c1ccccc1NCC(C)CCN. The molecular weight excluding hydrogens is 248 g/mol. The molecule has 4 nitrogen and oxygen atoms in total. The van der Waals surface area contributed by atoms with Crippen LogP contribution in [-0.2, 0) is 9.84 Å². The molecule has 1 aromatic rings. The van der Waals surface area contributed by atoms with Gasteiger partial charge in [0.15, 0.2) is 9.84 Å². The van der Waals surface area contributed by atoms with E-state index in [1.807, 2.05) is 6.07 Å². The minimum absolute atomic E-state index is 0.115. The van der Waals surface area contributed by atoms with Crippen molar-refractivity contribution in [2.75, 3.05) is 24.2 Å². The Labute approximate surface area is 110 Å². The first kappa shape index (κ1) is 15.0. The van der Waals surface area contributed by atoms with Crippen LogP contribution < -0.4 is 11.1 Å². The molecule has 0 heterocycles. The summed E-state index contributed by atoms with van der Waals surface area (Å²) in [6, 6.07) is 7.04. The monoisotopic (exact) mass is 270 g/mol. The number of benzene rings is 1. The van der Waals surface area contributed by atoms with Gasteiger partial charge in [0, 0.05) is 6.54 Å². The first-order valence-electron chi connectivity index (χ1n) is 6.27. The number of anilines is 1. The zero-order valence-electron chi connectivity index (χ0n) is 11.0. The molecular formula is C13H22N2O2S. The van der Waals surface area contributed by atoms with Gasteiger partial charge >= 0.3 is 0 Å². The van der Waals surface area contributed by atoms with E-state index in [0.717, 1.165) is 13.0 Å². The number of sulfone groups is 1. The number of rotatable bonds is 7. The fraction of sp³-hybridized carbons (Fsp3) is 0.538. The Bertz CT molecular complexity index is 472. The Morgan fingerprint density at radius 3 is 2.61 bits per heavy atom. The van der Waals surface area contributed by atoms with Gasteiger partial charge in [0.1, 0.15) is 0 Å². The molecule has 1 aromatic carbocycles. The van der Waals surface area contributed by atoms with Crippen molar-refractivity contribution in [1.82, 2.24) is 0 Å². The molecule has 0 aliphatic carbocycles. The van der Waals surface area contributed by atoms with Gasteiger partial charge in [-0.1, -0.05) is 26.0 Å². The third kappa shape index (κ3) is 3.99. The minimum atomic E-state index is -3.18. The lowest BCUT2D eigenvalue weighted by Gasteiger charge is -2.15. The highest BCUT2D eigenvalue weighted by Gasteiger charge is 2.16. The van der Waals surface area contributed by atoms with Crippen LogP contribution >= 0.6 is 0 Å². The van der Waals surface area contributed by atoms with Crippen molar-refractivity contribution in [2.24, 2.45) is 11.7 Å². The van der Waals surface area contributed by atoms with E-state index in [0.29, 0.717) is 23.0 Å². The minimum Gasteiger partial charge on any atom is -0.384 e. The summed E-state index contributed by atoms with van der Waals surface area (Å²) in [6.45, 7) is 5.13. The summed E-state index contributed by atoms with van der Waals surface area (Å²) in [5, 5.41) is 3.20. The topological polar surface area (TPSA) is 72.2 Å². The second-order valence-electron chi connectivity index (χ2n) is 4.46. The number of hydrogen-bond donors (Lipinski definition) is 2. The Morgan fingerprint density at radius 2 is 2.00 bits per heavy atom. The molecule has 102 valence electrons. The van der Waals surface area contributed by atoms with Crippen molar-refractivity contribution in [2.45, 2.75) is 25.2 Å². The van der Waals surface area contributed by atoms with Crippen molar-refractivity contribution >= 4 is 15.5 Å². The highest BCUT2D eigenvalue weighted by Crippen LogP contribution is 2.22. The Balaban J connectivity index is 2.84. The van der Waals surface area contributed by atoms with Crippen LogP contribution in [-0.4, -0.2) is 27.3 Å². The molecule has 0 spiro atoms. The van der Waals surface area contributed by atoms with Gasteiger partial charge in [0.25, 0.3) is 0 Å². The number of hydrogen-bond acceptors (Lipinski definition) is 4. The van der Waals surface area contributed by atoms with E-state index in [2.05, 4.69) is 12.2 Å². The summed E-state index contributed by atoms with van der Waals surface area (Å²) < 4.78 is 23.9. The molecule has 1 rings (SSSR count). The summed E-state index contributed by atoms with van der Waals surface area (Å²) in [4.78, 5) is 0.382. The van der Waals surface area contributed by atoms with Crippen LogP contribution in [0.1, 0.15) is 20.3 Å². The average Bonchev–Trinajstić information content (AvgIpc) is 2.37. The predicted octanol–water partition coefficient (Wildman–Crippen LogP) is 1.88. The maximum atomic E-state index is 11.9. The largest absolute Gasteiger partial charge is 0.384 e. The number of para-hydroxylation sites is 1. The molecule has 0 aliphatic rings. The molecule has 3 N–H and O–H groups in total. The summed E-state index contributed by atoms with van der Waals surface area (Å²) in [6.07, 6.45) is 0.926. The summed E-state index contributed by atoms with van der Waals surface area (Å²) in [5.41, 5.74) is 6.18. The van der Waals surface area contributed by atoms with Gasteiger partial charge in [-0.25, -0.2) is 8.42 Å². The van der Waals surface area contributed by atoms with E-state index in [-0.39, 0.29) is 5.75 Å². The van der Waals surface area contributed by atoms with Gasteiger partial charge in [-0.3, -0.25) is 0 Å². The van der Waals surface area contributed by atoms with Gasteiger partial charge in [-0.15, -0.1) is 0 Å². The average molecular weight is 270 g/mol. The second-order valence-corrected chi connectivity index (χ2v) is 6.71. The van der Waals surface area contributed by atoms with Crippen molar-refractivity contribution < 1.29 is 8.42 Å². The predicted molar refractivity (Wildman–Crippen MR) is 75.5 cm³/mol. The maximum absolute atomic E-state index is 11.9. The molecule has 0 saturated heterocycles. The first-order chi connectivity index (χ1) is 8.51. The maximum Gasteiger partial charge on any atom is 0.180 e. The molecule has 1 atom stereocenters. The van der Waals surface area contributed by atoms with Gasteiger partial charge in [-0.2, -0.15) is 0 Å². The third-order valence-corrected chi connectivity index (χ3v) is 4.69. The smallest absolute Gasteiger partial charge is 0.180 e. The lowest BCUT2D eigenvalue weighted by molar-refractivity contribution is 0.567. The molecule has 0 saturated carbocycles. The number of nitrogens with two attached hydrogens (primary N) is 1. The second kappa shape index (κ2) is 6.75. The van der Waals surface area contributed by atoms with Crippen LogP contribution in [0.25, 0.3) is 0 Å². The van der Waals surface area contributed by atoms with Crippen molar-refractivity contribution in [3.63, 3.8) is 0 Å². The van der Waals surface area contributed by atoms with Gasteiger partial charge in [0.05, 0.1) is 16.3 Å². The highest BCUT2D eigenvalue weighted by molar-refractivity contribution is 7.91. The Morgan fingerprint density at radius 1 is 1.33 bits per heavy atom. The van der Waals surface area contributed by atoms with E-state index in [1.165, 1.54) is 0 Å². The normalized spacial score (nSPS) is 13.3. The molecule has 0 amide bonds. The lowest BCUT2D eigenvalue weighted by atomic mass is 10.1. The van der Waals surface area contributed by atoms with E-state index in [4.69, 9.17) is 5.73 Å². The zero-order chi connectivity index (χ0) is 13.6. The first-order valence-corrected chi connectivity index (χ1v) is 7.92. The molecule has 0 fully saturated rings. The fourth-order valence-electron chi connectivity index (χ4n) is 1.71. The lowest BCUT2D eigenvalue weighted by Crippen LogP contribution is -2.17. The van der Waals surface area contributed by atoms with Crippen molar-refractivity contribution in [1.29, 1.82) is 0 Å². The summed E-state index contributed by atoms with van der Waals surface area (Å²) >= 11 is 0. The zero-order valence-corrected chi connectivity index (χ0v) is 11.8. The van der Waals surface area contributed by atoms with Crippen LogP contribution in [0.3, 0.4) is 0 Å². The van der Waals surface area contributed by atoms with E-state index < -0.39 is 9.84 Å². The van der Waals surface area contributed by atoms with E-state index >= 15 is 0 Å². The van der Waals surface area contributed by atoms with Crippen LogP contribution in [0.15, 0.2) is 29.2 Å². The molecule has 1 unspecified atom stereocenters. The molecule has 0 bridgehead atoms. The number of nitrogens with one attached hydrogen (secondary N) is 1. The Hall–Kier alpha value is -1.07. The molecule has 0 aliphatic heterocycles. The molecule has 0 radical (unpaired) electrons.